The quantitative estimate of drug-likeness (QED) is 0.404. The standard InChI is InChI=1S/C26H33ClN2O4/c1-14(2)9-16-10-19(11-16)26-24(17-7-8-17)25(29-33-26)18(13-23(31)32)12-22(30)28-21-6-4-5-20(27)15(21)3/h4-6,14,16-19H,7-13H2,1-3H3,(H,28,30)(H,31,32). The second-order valence-electron chi connectivity index (χ2n) is 10.2. The van der Waals surface area contributed by atoms with Gasteiger partial charge >= 0.3 is 5.97 Å². The Labute approximate surface area is 200 Å². The normalized spacial score (nSPS) is 21.0. The average molecular weight is 473 g/mol. The van der Waals surface area contributed by atoms with Crippen molar-refractivity contribution in [1.82, 2.24) is 5.16 Å². The fourth-order valence-electron chi connectivity index (χ4n) is 5.15. The zero-order chi connectivity index (χ0) is 23.7. The van der Waals surface area contributed by atoms with Crippen molar-refractivity contribution in [1.29, 1.82) is 0 Å². The third kappa shape index (κ3) is 5.60. The van der Waals surface area contributed by atoms with Crippen LogP contribution in [0.3, 0.4) is 0 Å². The van der Waals surface area contributed by atoms with Gasteiger partial charge in [-0.15, -0.1) is 0 Å². The van der Waals surface area contributed by atoms with Crippen LogP contribution in [0.4, 0.5) is 5.69 Å². The van der Waals surface area contributed by atoms with Crippen molar-refractivity contribution in [2.45, 2.75) is 83.5 Å². The van der Waals surface area contributed by atoms with E-state index in [1.807, 2.05) is 6.92 Å². The summed E-state index contributed by atoms with van der Waals surface area (Å²) in [6.07, 6.45) is 5.43. The molecule has 33 heavy (non-hydrogen) atoms. The predicted molar refractivity (Wildman–Crippen MR) is 128 cm³/mol. The van der Waals surface area contributed by atoms with Gasteiger partial charge in [0.05, 0.1) is 12.1 Å². The topological polar surface area (TPSA) is 92.4 Å². The highest BCUT2D eigenvalue weighted by atomic mass is 35.5. The van der Waals surface area contributed by atoms with Crippen molar-refractivity contribution in [3.63, 3.8) is 0 Å². The monoisotopic (exact) mass is 472 g/mol. The van der Waals surface area contributed by atoms with Gasteiger partial charge in [-0.3, -0.25) is 9.59 Å². The SMILES string of the molecule is Cc1c(Cl)cccc1NC(=O)CC(CC(=O)O)c1noc(C2CC(CC(C)C)C2)c1C1CC1. The van der Waals surface area contributed by atoms with Gasteiger partial charge in [-0.2, -0.15) is 0 Å². The van der Waals surface area contributed by atoms with Crippen molar-refractivity contribution < 1.29 is 19.2 Å². The van der Waals surface area contributed by atoms with E-state index in [0.717, 1.165) is 48.5 Å². The van der Waals surface area contributed by atoms with Crippen LogP contribution in [0.15, 0.2) is 22.7 Å². The van der Waals surface area contributed by atoms with E-state index in [4.69, 9.17) is 16.1 Å². The predicted octanol–water partition coefficient (Wildman–Crippen LogP) is 6.64. The summed E-state index contributed by atoms with van der Waals surface area (Å²) in [5, 5.41) is 17.4. The molecule has 4 rings (SSSR count). The van der Waals surface area contributed by atoms with Gasteiger partial charge in [0.1, 0.15) is 5.76 Å². The van der Waals surface area contributed by atoms with E-state index in [-0.39, 0.29) is 18.7 Å². The van der Waals surface area contributed by atoms with Crippen LogP contribution in [0.5, 0.6) is 0 Å². The van der Waals surface area contributed by atoms with Crippen LogP contribution in [0.1, 0.15) is 99.1 Å². The number of carboxylic acids is 1. The Hall–Kier alpha value is -2.34. The van der Waals surface area contributed by atoms with E-state index in [1.54, 1.807) is 18.2 Å². The number of halogens is 1. The molecule has 7 heteroatoms. The van der Waals surface area contributed by atoms with E-state index in [0.29, 0.717) is 34.2 Å². The van der Waals surface area contributed by atoms with Crippen LogP contribution >= 0.6 is 11.6 Å². The number of nitrogens with one attached hydrogen (secondary N) is 1. The van der Waals surface area contributed by atoms with E-state index >= 15 is 0 Å². The van der Waals surface area contributed by atoms with Crippen molar-refractivity contribution in [3.8, 4) is 0 Å². The minimum Gasteiger partial charge on any atom is -0.481 e. The van der Waals surface area contributed by atoms with Gasteiger partial charge in [0, 0.05) is 34.5 Å². The molecule has 1 unspecified atom stereocenters. The highest BCUT2D eigenvalue weighted by Crippen LogP contribution is 2.52. The fourth-order valence-corrected chi connectivity index (χ4v) is 5.32. The Morgan fingerprint density at radius 3 is 2.58 bits per heavy atom. The summed E-state index contributed by atoms with van der Waals surface area (Å²) >= 11 is 6.17. The Morgan fingerprint density at radius 2 is 1.94 bits per heavy atom. The number of benzene rings is 1. The number of rotatable bonds is 10. The maximum atomic E-state index is 12.9. The largest absolute Gasteiger partial charge is 0.481 e. The lowest BCUT2D eigenvalue weighted by Crippen LogP contribution is -2.24. The number of carbonyl (C=O) groups excluding carboxylic acids is 1. The number of aliphatic carboxylic acids is 1. The van der Waals surface area contributed by atoms with Crippen LogP contribution < -0.4 is 5.32 Å². The molecule has 0 radical (unpaired) electrons. The molecule has 1 atom stereocenters. The smallest absolute Gasteiger partial charge is 0.304 e. The second-order valence-corrected chi connectivity index (χ2v) is 10.7. The molecule has 2 N–H and O–H groups in total. The Balaban J connectivity index is 1.52. The molecule has 2 fully saturated rings. The maximum absolute atomic E-state index is 12.9. The minimum absolute atomic E-state index is 0.0323. The van der Waals surface area contributed by atoms with Crippen LogP contribution in [-0.4, -0.2) is 22.1 Å². The van der Waals surface area contributed by atoms with Crippen LogP contribution in [0, 0.1) is 18.8 Å². The molecule has 1 amide bonds. The van der Waals surface area contributed by atoms with Crippen molar-refractivity contribution in [2.75, 3.05) is 5.32 Å². The fraction of sp³-hybridized carbons (Fsp3) is 0.577. The number of carboxylic acid groups (broad SMARTS) is 1. The molecular weight excluding hydrogens is 440 g/mol. The highest BCUT2D eigenvalue weighted by molar-refractivity contribution is 6.31. The number of hydrogen-bond donors (Lipinski definition) is 2. The number of hydrogen-bond acceptors (Lipinski definition) is 4. The van der Waals surface area contributed by atoms with Crippen molar-refractivity contribution in [3.05, 3.63) is 45.8 Å². The molecular formula is C26H33ClN2O4. The third-order valence-electron chi connectivity index (χ3n) is 6.96. The molecule has 1 heterocycles. The van der Waals surface area contributed by atoms with Crippen LogP contribution in [0.2, 0.25) is 5.02 Å². The molecule has 2 saturated carbocycles. The molecule has 0 bridgehead atoms. The number of aromatic nitrogens is 1. The first kappa shape index (κ1) is 23.8. The Morgan fingerprint density at radius 1 is 1.21 bits per heavy atom. The molecule has 6 nitrogen and oxygen atoms in total. The molecule has 1 aromatic carbocycles. The van der Waals surface area contributed by atoms with E-state index in [9.17, 15) is 14.7 Å². The molecule has 2 aliphatic rings. The zero-order valence-corrected chi connectivity index (χ0v) is 20.3. The van der Waals surface area contributed by atoms with Crippen molar-refractivity contribution >= 4 is 29.2 Å². The van der Waals surface area contributed by atoms with E-state index in [2.05, 4.69) is 24.3 Å². The second kappa shape index (κ2) is 9.88. The lowest BCUT2D eigenvalue weighted by Gasteiger charge is -2.35. The first-order chi connectivity index (χ1) is 15.7. The lowest BCUT2D eigenvalue weighted by molar-refractivity contribution is -0.137. The van der Waals surface area contributed by atoms with Crippen LogP contribution in [-0.2, 0) is 9.59 Å². The first-order valence-corrected chi connectivity index (χ1v) is 12.4. The Kier molecular flexibility index (Phi) is 7.13. The van der Waals surface area contributed by atoms with Gasteiger partial charge in [-0.1, -0.05) is 36.7 Å². The summed E-state index contributed by atoms with van der Waals surface area (Å²) < 4.78 is 5.86. The summed E-state index contributed by atoms with van der Waals surface area (Å²) in [6.45, 7) is 6.34. The minimum atomic E-state index is -0.946. The van der Waals surface area contributed by atoms with Crippen LogP contribution in [0.25, 0.3) is 0 Å². The first-order valence-electron chi connectivity index (χ1n) is 12.0. The number of nitrogens with zero attached hydrogens (tertiary/aromatic N) is 1. The Bertz CT molecular complexity index is 1020. The van der Waals surface area contributed by atoms with Gasteiger partial charge in [0.15, 0.2) is 0 Å². The average Bonchev–Trinajstić information content (AvgIpc) is 3.45. The number of amides is 1. The van der Waals surface area contributed by atoms with Gasteiger partial charge in [-0.25, -0.2) is 0 Å². The van der Waals surface area contributed by atoms with Gasteiger partial charge in [-0.05, 0) is 74.5 Å². The molecule has 2 aromatic rings. The summed E-state index contributed by atoms with van der Waals surface area (Å²) in [5.74, 6) is 1.36. The summed E-state index contributed by atoms with van der Waals surface area (Å²) in [7, 11) is 0. The number of anilines is 1. The molecule has 0 spiro atoms. The number of carbonyl (C=O) groups is 2. The summed E-state index contributed by atoms with van der Waals surface area (Å²) in [4.78, 5) is 24.6. The summed E-state index contributed by atoms with van der Waals surface area (Å²) in [6, 6.07) is 5.34. The molecule has 2 aliphatic carbocycles. The van der Waals surface area contributed by atoms with E-state index < -0.39 is 11.9 Å². The molecule has 1 aromatic heterocycles. The van der Waals surface area contributed by atoms with Gasteiger partial charge in [0.2, 0.25) is 5.91 Å². The van der Waals surface area contributed by atoms with Gasteiger partial charge < -0.3 is 14.9 Å². The molecule has 0 aliphatic heterocycles. The molecule has 178 valence electrons. The van der Waals surface area contributed by atoms with Gasteiger partial charge in [0.25, 0.3) is 0 Å². The lowest BCUT2D eigenvalue weighted by atomic mass is 9.69. The maximum Gasteiger partial charge on any atom is 0.304 e. The summed E-state index contributed by atoms with van der Waals surface area (Å²) in [5.41, 5.74) is 3.17. The van der Waals surface area contributed by atoms with Crippen molar-refractivity contribution in [2.24, 2.45) is 11.8 Å². The van der Waals surface area contributed by atoms with E-state index in [1.165, 1.54) is 6.42 Å². The highest BCUT2D eigenvalue weighted by Gasteiger charge is 2.42. The third-order valence-corrected chi connectivity index (χ3v) is 7.37. The molecule has 0 saturated heterocycles. The zero-order valence-electron chi connectivity index (χ0n) is 19.6.